The second-order valence-corrected chi connectivity index (χ2v) is 6.91. The Morgan fingerprint density at radius 1 is 0.903 bits per heavy atom. The Balaban J connectivity index is 1.65. The van der Waals surface area contributed by atoms with Crippen LogP contribution in [0.3, 0.4) is 0 Å². The zero-order chi connectivity index (χ0) is 22.2. The summed E-state index contributed by atoms with van der Waals surface area (Å²) in [6.45, 7) is 1.31. The standard InChI is InChI=1S/C24H23N3O4/c1-16(20-14-19(28)12-13-21(20)29)26-27-22(30)15-25-24(31)23(17-8-4-2-5-9-17)18-10-6-3-7-11-18/h2-14,23,28-29H,15H2,1H3,(H,25,31)(H,27,30)/b26-16+. The molecule has 0 aliphatic rings. The molecule has 0 unspecified atom stereocenters. The van der Waals surface area contributed by atoms with E-state index in [4.69, 9.17) is 0 Å². The number of carbonyl (C=O) groups excluding carboxylic acids is 2. The first kappa shape index (κ1) is 21.6. The zero-order valence-corrected chi connectivity index (χ0v) is 16.9. The number of carbonyl (C=O) groups is 2. The van der Waals surface area contributed by atoms with E-state index in [1.807, 2.05) is 60.7 Å². The van der Waals surface area contributed by atoms with Gasteiger partial charge >= 0.3 is 0 Å². The van der Waals surface area contributed by atoms with Gasteiger partial charge in [0.05, 0.1) is 18.2 Å². The van der Waals surface area contributed by atoms with Crippen LogP contribution in [-0.4, -0.2) is 34.3 Å². The molecular weight excluding hydrogens is 394 g/mol. The third kappa shape index (κ3) is 5.70. The molecule has 0 heterocycles. The van der Waals surface area contributed by atoms with Gasteiger partial charge in [0.2, 0.25) is 5.91 Å². The van der Waals surface area contributed by atoms with E-state index in [0.717, 1.165) is 11.1 Å². The topological polar surface area (TPSA) is 111 Å². The maximum absolute atomic E-state index is 12.9. The lowest BCUT2D eigenvalue weighted by Gasteiger charge is -2.17. The molecule has 0 bridgehead atoms. The molecule has 0 radical (unpaired) electrons. The molecule has 3 rings (SSSR count). The lowest BCUT2D eigenvalue weighted by atomic mass is 9.90. The maximum atomic E-state index is 12.9. The van der Waals surface area contributed by atoms with Gasteiger partial charge in [-0.2, -0.15) is 5.10 Å². The van der Waals surface area contributed by atoms with Crippen molar-refractivity contribution >= 4 is 17.5 Å². The van der Waals surface area contributed by atoms with Gasteiger partial charge in [-0.1, -0.05) is 60.7 Å². The molecule has 0 aliphatic heterocycles. The molecule has 31 heavy (non-hydrogen) atoms. The van der Waals surface area contributed by atoms with Crippen LogP contribution in [0.15, 0.2) is 84.0 Å². The Labute approximate surface area is 180 Å². The highest BCUT2D eigenvalue weighted by atomic mass is 16.3. The third-order valence-electron chi connectivity index (χ3n) is 4.67. The first-order valence-corrected chi connectivity index (χ1v) is 9.69. The molecule has 158 valence electrons. The number of nitrogens with zero attached hydrogens (tertiary/aromatic N) is 1. The lowest BCUT2D eigenvalue weighted by Crippen LogP contribution is -2.38. The van der Waals surface area contributed by atoms with Crippen LogP contribution in [0.1, 0.15) is 29.5 Å². The van der Waals surface area contributed by atoms with Crippen molar-refractivity contribution < 1.29 is 19.8 Å². The summed E-state index contributed by atoms with van der Waals surface area (Å²) >= 11 is 0. The number of hydrogen-bond acceptors (Lipinski definition) is 5. The Hall–Kier alpha value is -4.13. The summed E-state index contributed by atoms with van der Waals surface area (Å²) in [5, 5.41) is 26.0. The highest BCUT2D eigenvalue weighted by molar-refractivity contribution is 6.02. The molecule has 0 aromatic heterocycles. The van der Waals surface area contributed by atoms with Gasteiger partial charge in [0, 0.05) is 5.56 Å². The fourth-order valence-corrected chi connectivity index (χ4v) is 3.12. The second-order valence-electron chi connectivity index (χ2n) is 6.91. The van der Waals surface area contributed by atoms with Gasteiger partial charge in [0.25, 0.3) is 5.91 Å². The van der Waals surface area contributed by atoms with Crippen LogP contribution in [0.5, 0.6) is 11.5 Å². The smallest absolute Gasteiger partial charge is 0.259 e. The van der Waals surface area contributed by atoms with E-state index in [-0.39, 0.29) is 29.5 Å². The molecule has 2 amide bonds. The summed E-state index contributed by atoms with van der Waals surface area (Å²) in [4.78, 5) is 25.1. The predicted octanol–water partition coefficient (Wildman–Crippen LogP) is 2.89. The van der Waals surface area contributed by atoms with Crippen molar-refractivity contribution in [1.82, 2.24) is 10.7 Å². The largest absolute Gasteiger partial charge is 0.508 e. The molecule has 0 atom stereocenters. The summed E-state index contributed by atoms with van der Waals surface area (Å²) < 4.78 is 0. The van der Waals surface area contributed by atoms with Crippen molar-refractivity contribution in [3.8, 4) is 11.5 Å². The van der Waals surface area contributed by atoms with E-state index >= 15 is 0 Å². The van der Waals surface area contributed by atoms with E-state index in [1.54, 1.807) is 6.92 Å². The predicted molar refractivity (Wildman–Crippen MR) is 118 cm³/mol. The molecule has 3 aromatic rings. The monoisotopic (exact) mass is 417 g/mol. The van der Waals surface area contributed by atoms with Crippen molar-refractivity contribution in [2.75, 3.05) is 6.54 Å². The average Bonchev–Trinajstić information content (AvgIpc) is 2.79. The van der Waals surface area contributed by atoms with E-state index in [0.29, 0.717) is 5.71 Å². The van der Waals surface area contributed by atoms with Gasteiger partial charge in [0.15, 0.2) is 0 Å². The third-order valence-corrected chi connectivity index (χ3v) is 4.67. The van der Waals surface area contributed by atoms with Crippen LogP contribution in [0.25, 0.3) is 0 Å². The minimum atomic E-state index is -0.551. The number of hydrogen-bond donors (Lipinski definition) is 4. The van der Waals surface area contributed by atoms with Gasteiger partial charge in [0.1, 0.15) is 11.5 Å². The van der Waals surface area contributed by atoms with Gasteiger partial charge in [-0.3, -0.25) is 9.59 Å². The van der Waals surface area contributed by atoms with Crippen molar-refractivity contribution in [2.45, 2.75) is 12.8 Å². The fourth-order valence-electron chi connectivity index (χ4n) is 3.12. The summed E-state index contributed by atoms with van der Waals surface area (Å²) in [5.41, 5.74) is 4.58. The van der Waals surface area contributed by atoms with E-state index in [9.17, 15) is 19.8 Å². The fraction of sp³-hybridized carbons (Fsp3) is 0.125. The van der Waals surface area contributed by atoms with Gasteiger partial charge < -0.3 is 15.5 Å². The number of aromatic hydroxyl groups is 2. The molecule has 0 fully saturated rings. The molecule has 4 N–H and O–H groups in total. The first-order valence-electron chi connectivity index (χ1n) is 9.69. The molecule has 7 nitrogen and oxygen atoms in total. The van der Waals surface area contributed by atoms with Crippen LogP contribution in [0.4, 0.5) is 0 Å². The lowest BCUT2D eigenvalue weighted by molar-refractivity contribution is -0.126. The molecular formula is C24H23N3O4. The van der Waals surface area contributed by atoms with Crippen LogP contribution >= 0.6 is 0 Å². The van der Waals surface area contributed by atoms with Crippen molar-refractivity contribution in [3.05, 3.63) is 95.6 Å². The molecule has 3 aromatic carbocycles. The van der Waals surface area contributed by atoms with Crippen LogP contribution < -0.4 is 10.7 Å². The minimum absolute atomic E-state index is 0.0335. The van der Waals surface area contributed by atoms with E-state index < -0.39 is 11.8 Å². The van der Waals surface area contributed by atoms with Crippen LogP contribution in [0.2, 0.25) is 0 Å². The Morgan fingerprint density at radius 3 is 2.06 bits per heavy atom. The van der Waals surface area contributed by atoms with Crippen molar-refractivity contribution in [1.29, 1.82) is 0 Å². The number of benzene rings is 3. The zero-order valence-electron chi connectivity index (χ0n) is 16.9. The maximum Gasteiger partial charge on any atom is 0.259 e. The number of amides is 2. The normalized spacial score (nSPS) is 11.2. The molecule has 0 saturated carbocycles. The number of rotatable bonds is 7. The van der Waals surface area contributed by atoms with E-state index in [1.165, 1.54) is 18.2 Å². The Bertz CT molecular complexity index is 1040. The molecule has 0 saturated heterocycles. The van der Waals surface area contributed by atoms with Crippen LogP contribution in [-0.2, 0) is 9.59 Å². The summed E-state index contributed by atoms with van der Waals surface area (Å²) in [6.07, 6.45) is 0. The summed E-state index contributed by atoms with van der Waals surface area (Å²) in [7, 11) is 0. The average molecular weight is 417 g/mol. The minimum Gasteiger partial charge on any atom is -0.508 e. The highest BCUT2D eigenvalue weighted by Crippen LogP contribution is 2.25. The SMILES string of the molecule is C/C(=N\NC(=O)CNC(=O)C(c1ccccc1)c1ccccc1)c1cc(O)ccc1O. The number of phenolic OH excluding ortho intramolecular Hbond substituents is 2. The number of nitrogens with one attached hydrogen (secondary N) is 2. The highest BCUT2D eigenvalue weighted by Gasteiger charge is 2.22. The van der Waals surface area contributed by atoms with Crippen LogP contribution in [0, 0.1) is 0 Å². The molecule has 0 aliphatic carbocycles. The van der Waals surface area contributed by atoms with Gasteiger partial charge in [-0.15, -0.1) is 0 Å². The Morgan fingerprint density at radius 2 is 1.48 bits per heavy atom. The number of phenols is 2. The van der Waals surface area contributed by atoms with Crippen molar-refractivity contribution in [2.24, 2.45) is 5.10 Å². The van der Waals surface area contributed by atoms with Gasteiger partial charge in [-0.05, 0) is 36.2 Å². The van der Waals surface area contributed by atoms with E-state index in [2.05, 4.69) is 15.8 Å². The number of hydrazone groups is 1. The first-order chi connectivity index (χ1) is 15.0. The summed E-state index contributed by atoms with van der Waals surface area (Å²) in [6, 6.07) is 22.7. The second kappa shape index (κ2) is 10.1. The molecule has 0 spiro atoms. The molecule has 7 heteroatoms. The quantitative estimate of drug-likeness (QED) is 0.269. The van der Waals surface area contributed by atoms with Gasteiger partial charge in [-0.25, -0.2) is 5.43 Å². The Kier molecular flexibility index (Phi) is 7.01. The summed E-state index contributed by atoms with van der Waals surface area (Å²) in [5.74, 6) is -1.49. The van der Waals surface area contributed by atoms with Crippen molar-refractivity contribution in [3.63, 3.8) is 0 Å².